The van der Waals surface area contributed by atoms with Gasteiger partial charge in [-0.05, 0) is 37.5 Å². The van der Waals surface area contributed by atoms with Crippen molar-refractivity contribution in [3.63, 3.8) is 0 Å². The van der Waals surface area contributed by atoms with Gasteiger partial charge in [0.15, 0.2) is 0 Å². The number of alkyl carbamates (subject to hydrolysis) is 1. The number of pyridine rings is 2. The van der Waals surface area contributed by atoms with Crippen LogP contribution in [-0.2, 0) is 4.74 Å². The van der Waals surface area contributed by atoms with Gasteiger partial charge in [0.25, 0.3) is 0 Å². The molecule has 1 saturated heterocycles. The van der Waals surface area contributed by atoms with Crippen LogP contribution in [0.2, 0.25) is 0 Å². The van der Waals surface area contributed by atoms with Crippen molar-refractivity contribution in [2.45, 2.75) is 26.4 Å². The van der Waals surface area contributed by atoms with Crippen LogP contribution >= 0.6 is 0 Å². The number of piperidine rings is 1. The van der Waals surface area contributed by atoms with Gasteiger partial charge in [0.1, 0.15) is 23.7 Å². The van der Waals surface area contributed by atoms with E-state index in [0.717, 1.165) is 35.4 Å². The first kappa shape index (κ1) is 21.4. The number of nitriles is 1. The number of aromatic nitrogens is 3. The Labute approximate surface area is 186 Å². The first-order chi connectivity index (χ1) is 15.5. The van der Waals surface area contributed by atoms with Crippen LogP contribution in [0.4, 0.5) is 10.6 Å². The Balaban J connectivity index is 1.63. The van der Waals surface area contributed by atoms with Crippen molar-refractivity contribution in [1.82, 2.24) is 19.9 Å². The number of hydrogen-bond acceptors (Lipinski definition) is 7. The first-order valence-electron chi connectivity index (χ1n) is 10.7. The molecule has 0 spiro atoms. The van der Waals surface area contributed by atoms with Crippen LogP contribution < -0.4 is 15.0 Å². The van der Waals surface area contributed by atoms with E-state index in [-0.39, 0.29) is 12.0 Å². The highest BCUT2D eigenvalue weighted by molar-refractivity contribution is 5.85. The van der Waals surface area contributed by atoms with Gasteiger partial charge >= 0.3 is 6.09 Å². The molecule has 0 bridgehead atoms. The summed E-state index contributed by atoms with van der Waals surface area (Å²) in [5, 5.41) is 16.3. The molecule has 32 heavy (non-hydrogen) atoms. The predicted molar refractivity (Wildman–Crippen MR) is 120 cm³/mol. The number of nitrogens with zero attached hydrogens (tertiary/aromatic N) is 5. The van der Waals surface area contributed by atoms with Gasteiger partial charge in [-0.25, -0.2) is 14.3 Å². The van der Waals surface area contributed by atoms with Crippen molar-refractivity contribution in [3.05, 3.63) is 42.4 Å². The third-order valence-electron chi connectivity index (χ3n) is 5.75. The second kappa shape index (κ2) is 9.14. The molecule has 4 rings (SSSR count). The fourth-order valence-electron chi connectivity index (χ4n) is 3.97. The zero-order chi connectivity index (χ0) is 22.7. The molecule has 0 saturated carbocycles. The SMILES string of the molecule is CCOc1cc(-c2ccc(N3CC[C@@H](C)[C@@H](OC(=O)NC)C3)nc2)c2c(C#N)cnn2c1. The molecule has 0 aliphatic carbocycles. The van der Waals surface area contributed by atoms with Gasteiger partial charge in [-0.3, -0.25) is 0 Å². The lowest BCUT2D eigenvalue weighted by Crippen LogP contribution is -2.46. The quantitative estimate of drug-likeness (QED) is 0.657. The van der Waals surface area contributed by atoms with Crippen molar-refractivity contribution >= 4 is 17.4 Å². The third kappa shape index (κ3) is 4.17. The Kier molecular flexibility index (Phi) is 6.12. The van der Waals surface area contributed by atoms with Gasteiger partial charge < -0.3 is 19.7 Å². The molecule has 4 heterocycles. The molecular weight excluding hydrogens is 408 g/mol. The Morgan fingerprint density at radius 3 is 2.91 bits per heavy atom. The van der Waals surface area contributed by atoms with E-state index in [2.05, 4.69) is 33.3 Å². The average Bonchev–Trinajstić information content (AvgIpc) is 3.23. The second-order valence-corrected chi connectivity index (χ2v) is 7.80. The lowest BCUT2D eigenvalue weighted by atomic mass is 9.95. The minimum absolute atomic E-state index is 0.197. The molecule has 2 atom stereocenters. The number of ether oxygens (including phenoxy) is 2. The molecule has 9 nitrogen and oxygen atoms in total. The number of amides is 1. The molecule has 9 heteroatoms. The van der Waals surface area contributed by atoms with Crippen LogP contribution in [-0.4, -0.2) is 53.5 Å². The maximum absolute atomic E-state index is 11.7. The zero-order valence-electron chi connectivity index (χ0n) is 18.4. The van der Waals surface area contributed by atoms with Gasteiger partial charge in [-0.1, -0.05) is 6.92 Å². The van der Waals surface area contributed by atoms with E-state index < -0.39 is 6.09 Å². The molecule has 166 valence electrons. The summed E-state index contributed by atoms with van der Waals surface area (Å²) in [6.07, 6.45) is 5.41. The van der Waals surface area contributed by atoms with E-state index in [1.807, 2.05) is 25.1 Å². The summed E-state index contributed by atoms with van der Waals surface area (Å²) in [6.45, 7) is 5.97. The minimum Gasteiger partial charge on any atom is -0.492 e. The summed E-state index contributed by atoms with van der Waals surface area (Å²) < 4.78 is 12.9. The lowest BCUT2D eigenvalue weighted by molar-refractivity contribution is 0.0602. The fraction of sp³-hybridized carbons (Fsp3) is 0.391. The molecule has 1 N–H and O–H groups in total. The monoisotopic (exact) mass is 434 g/mol. The molecule has 1 aliphatic rings. The topological polar surface area (TPSA) is 105 Å². The van der Waals surface area contributed by atoms with E-state index in [1.54, 1.807) is 30.2 Å². The Hall–Kier alpha value is -3.80. The van der Waals surface area contributed by atoms with Gasteiger partial charge in [0, 0.05) is 30.9 Å². The van der Waals surface area contributed by atoms with Crippen molar-refractivity contribution in [3.8, 4) is 22.9 Å². The summed E-state index contributed by atoms with van der Waals surface area (Å²) in [4.78, 5) is 18.5. The van der Waals surface area contributed by atoms with Gasteiger partial charge in [0.05, 0.1) is 36.6 Å². The van der Waals surface area contributed by atoms with Crippen LogP contribution in [0.1, 0.15) is 25.8 Å². The molecule has 3 aromatic rings. The van der Waals surface area contributed by atoms with Crippen LogP contribution in [0, 0.1) is 17.2 Å². The summed E-state index contributed by atoms with van der Waals surface area (Å²) in [5.74, 6) is 1.77. The highest BCUT2D eigenvalue weighted by atomic mass is 16.6. The number of hydrogen-bond donors (Lipinski definition) is 1. The molecule has 1 fully saturated rings. The van der Waals surface area contributed by atoms with Gasteiger partial charge in [0.2, 0.25) is 0 Å². The van der Waals surface area contributed by atoms with Crippen molar-refractivity contribution in [2.24, 2.45) is 5.92 Å². The smallest absolute Gasteiger partial charge is 0.407 e. The predicted octanol–water partition coefficient (Wildman–Crippen LogP) is 3.24. The van der Waals surface area contributed by atoms with Crippen molar-refractivity contribution in [1.29, 1.82) is 5.26 Å². The maximum Gasteiger partial charge on any atom is 0.407 e. The fourth-order valence-corrected chi connectivity index (χ4v) is 3.97. The number of nitrogens with one attached hydrogen (secondary N) is 1. The number of carbonyl (C=O) groups excluding carboxylic acids is 1. The standard InChI is InChI=1S/C23H26N6O3/c1-4-31-18-9-19(22-17(10-24)12-27-29(22)13-18)16-5-6-21(26-11-16)28-8-7-15(2)20(14-28)32-23(30)25-3/h5-6,9,11-13,15,20H,4,7-8,14H2,1-3H3,(H,25,30)/t15-,20+/m1/s1. The molecular formula is C23H26N6O3. The first-order valence-corrected chi connectivity index (χ1v) is 10.7. The number of carbonyl (C=O) groups is 1. The highest BCUT2D eigenvalue weighted by Gasteiger charge is 2.29. The van der Waals surface area contributed by atoms with E-state index in [0.29, 0.717) is 24.5 Å². The Morgan fingerprint density at radius 1 is 1.38 bits per heavy atom. The van der Waals surface area contributed by atoms with E-state index in [1.165, 1.54) is 0 Å². The number of rotatable bonds is 5. The van der Waals surface area contributed by atoms with E-state index >= 15 is 0 Å². The highest BCUT2D eigenvalue weighted by Crippen LogP contribution is 2.32. The van der Waals surface area contributed by atoms with Crippen LogP contribution in [0.25, 0.3) is 16.6 Å². The largest absolute Gasteiger partial charge is 0.492 e. The van der Waals surface area contributed by atoms with Gasteiger partial charge in [-0.15, -0.1) is 0 Å². The van der Waals surface area contributed by atoms with Gasteiger partial charge in [-0.2, -0.15) is 10.4 Å². The summed E-state index contributed by atoms with van der Waals surface area (Å²) in [6, 6.07) is 8.05. The van der Waals surface area contributed by atoms with Crippen LogP contribution in [0.3, 0.4) is 0 Å². The lowest BCUT2D eigenvalue weighted by Gasteiger charge is -2.37. The van der Waals surface area contributed by atoms with Crippen molar-refractivity contribution in [2.75, 3.05) is 31.6 Å². The molecule has 3 aromatic heterocycles. The minimum atomic E-state index is -0.417. The van der Waals surface area contributed by atoms with Crippen LogP contribution in [0.5, 0.6) is 5.75 Å². The maximum atomic E-state index is 11.7. The number of fused-ring (bicyclic) bond motifs is 1. The molecule has 1 amide bonds. The third-order valence-corrected chi connectivity index (χ3v) is 5.75. The van der Waals surface area contributed by atoms with E-state index in [4.69, 9.17) is 9.47 Å². The second-order valence-electron chi connectivity index (χ2n) is 7.80. The molecule has 0 aromatic carbocycles. The average molecular weight is 435 g/mol. The molecule has 0 unspecified atom stereocenters. The number of anilines is 1. The van der Waals surface area contributed by atoms with Crippen molar-refractivity contribution < 1.29 is 14.3 Å². The molecule has 0 radical (unpaired) electrons. The summed E-state index contributed by atoms with van der Waals surface area (Å²) in [5.41, 5.74) is 2.90. The molecule has 1 aliphatic heterocycles. The normalized spacial score (nSPS) is 18.2. The van der Waals surface area contributed by atoms with Crippen LogP contribution in [0.15, 0.2) is 36.8 Å². The summed E-state index contributed by atoms with van der Waals surface area (Å²) >= 11 is 0. The van der Waals surface area contributed by atoms with E-state index in [9.17, 15) is 10.1 Å². The Bertz CT molecular complexity index is 1150. The summed E-state index contributed by atoms with van der Waals surface area (Å²) in [7, 11) is 1.56. The Morgan fingerprint density at radius 2 is 2.22 bits per heavy atom. The zero-order valence-corrected chi connectivity index (χ0v) is 18.4.